The summed E-state index contributed by atoms with van der Waals surface area (Å²) in [6, 6.07) is 5.61. The van der Waals surface area contributed by atoms with E-state index < -0.39 is 0 Å². The lowest BCUT2D eigenvalue weighted by atomic mass is 10.0. The molecule has 6 heteroatoms. The van der Waals surface area contributed by atoms with Gasteiger partial charge >= 0.3 is 0 Å². The number of hydrogen-bond donors (Lipinski definition) is 1. The minimum Gasteiger partial charge on any atom is -0.310 e. The van der Waals surface area contributed by atoms with Crippen molar-refractivity contribution in [1.29, 1.82) is 0 Å². The van der Waals surface area contributed by atoms with E-state index in [0.29, 0.717) is 16.5 Å². The van der Waals surface area contributed by atoms with Gasteiger partial charge in [0.05, 0.1) is 5.69 Å². The number of halogens is 2. The molecule has 1 aromatic heterocycles. The highest BCUT2D eigenvalue weighted by Crippen LogP contribution is 2.31. The summed E-state index contributed by atoms with van der Waals surface area (Å²) in [4.78, 5) is 0. The fourth-order valence-corrected chi connectivity index (χ4v) is 2.80. The third-order valence-electron chi connectivity index (χ3n) is 3.05. The van der Waals surface area contributed by atoms with Crippen LogP contribution in [0.15, 0.2) is 24.4 Å². The zero-order chi connectivity index (χ0) is 14.5. The van der Waals surface area contributed by atoms with Gasteiger partial charge < -0.3 is 5.32 Å². The summed E-state index contributed by atoms with van der Waals surface area (Å²) in [6.45, 7) is 3.02. The molecule has 0 fully saturated rings. The molecule has 20 heavy (non-hydrogen) atoms. The second kappa shape index (κ2) is 7.07. The second-order valence-corrected chi connectivity index (χ2v) is 5.54. The predicted molar refractivity (Wildman–Crippen MR) is 82.2 cm³/mol. The molecule has 2 aromatic rings. The van der Waals surface area contributed by atoms with Crippen LogP contribution in [0.1, 0.15) is 30.6 Å². The number of rotatable bonds is 6. The number of nitrogens with one attached hydrogen (secondary N) is 1. The second-order valence-electron chi connectivity index (χ2n) is 4.73. The quantitative estimate of drug-likeness (QED) is 0.889. The Kier molecular flexibility index (Phi) is 5.40. The molecule has 0 saturated heterocycles. The Morgan fingerprint density at radius 2 is 2.00 bits per heavy atom. The normalized spacial score (nSPS) is 12.6. The number of aromatic nitrogens is 3. The Labute approximate surface area is 129 Å². The zero-order valence-electron chi connectivity index (χ0n) is 11.6. The summed E-state index contributed by atoms with van der Waals surface area (Å²) in [6.07, 6.45) is 3.65. The van der Waals surface area contributed by atoms with Gasteiger partial charge in [0.2, 0.25) is 0 Å². The van der Waals surface area contributed by atoms with Gasteiger partial charge in [-0.2, -0.15) is 0 Å². The lowest BCUT2D eigenvalue weighted by Crippen LogP contribution is -2.25. The van der Waals surface area contributed by atoms with Crippen molar-refractivity contribution >= 4 is 23.2 Å². The largest absolute Gasteiger partial charge is 0.310 e. The van der Waals surface area contributed by atoms with E-state index in [-0.39, 0.29) is 6.04 Å². The average Bonchev–Trinajstić information content (AvgIpc) is 2.81. The van der Waals surface area contributed by atoms with E-state index in [1.807, 2.05) is 31.4 Å². The number of hydrogen-bond acceptors (Lipinski definition) is 3. The van der Waals surface area contributed by atoms with E-state index in [0.717, 1.165) is 24.2 Å². The molecule has 0 aliphatic heterocycles. The molecule has 1 unspecified atom stereocenters. The first-order chi connectivity index (χ1) is 9.61. The van der Waals surface area contributed by atoms with Gasteiger partial charge in [0.15, 0.2) is 0 Å². The van der Waals surface area contributed by atoms with Gasteiger partial charge in [-0.1, -0.05) is 41.4 Å². The van der Waals surface area contributed by atoms with Gasteiger partial charge in [0.1, 0.15) is 0 Å². The first kappa shape index (κ1) is 15.3. The zero-order valence-corrected chi connectivity index (χ0v) is 13.1. The Morgan fingerprint density at radius 1 is 1.30 bits per heavy atom. The van der Waals surface area contributed by atoms with Crippen molar-refractivity contribution in [1.82, 2.24) is 20.3 Å². The molecule has 0 radical (unpaired) electrons. The van der Waals surface area contributed by atoms with Gasteiger partial charge in [-0.05, 0) is 25.1 Å². The molecule has 1 heterocycles. The lowest BCUT2D eigenvalue weighted by Gasteiger charge is -2.20. The van der Waals surface area contributed by atoms with E-state index >= 15 is 0 Å². The predicted octanol–water partition coefficient (Wildman–Crippen LogP) is 3.41. The smallest absolute Gasteiger partial charge is 0.0845 e. The van der Waals surface area contributed by atoms with E-state index in [9.17, 15) is 0 Å². The van der Waals surface area contributed by atoms with Crippen LogP contribution >= 0.6 is 23.2 Å². The topological polar surface area (TPSA) is 42.7 Å². The highest BCUT2D eigenvalue weighted by atomic mass is 35.5. The van der Waals surface area contributed by atoms with Crippen molar-refractivity contribution in [3.8, 4) is 0 Å². The highest BCUT2D eigenvalue weighted by Gasteiger charge is 2.19. The van der Waals surface area contributed by atoms with Crippen LogP contribution in [-0.4, -0.2) is 21.5 Å². The Morgan fingerprint density at radius 3 is 2.55 bits per heavy atom. The van der Waals surface area contributed by atoms with Crippen LogP contribution in [0.2, 0.25) is 10.0 Å². The van der Waals surface area contributed by atoms with Crippen molar-refractivity contribution in [3.63, 3.8) is 0 Å². The van der Waals surface area contributed by atoms with Crippen LogP contribution in [0.25, 0.3) is 0 Å². The molecule has 2 rings (SSSR count). The summed E-state index contributed by atoms with van der Waals surface area (Å²) in [5, 5.41) is 12.9. The molecular weight excluding hydrogens is 295 g/mol. The Balaban J connectivity index is 2.27. The van der Waals surface area contributed by atoms with Crippen molar-refractivity contribution in [3.05, 3.63) is 45.7 Å². The molecular formula is C14H18Cl2N4. The Hall–Kier alpha value is -1.10. The summed E-state index contributed by atoms with van der Waals surface area (Å²) in [7, 11) is 1.85. The Bertz CT molecular complexity index is 548. The van der Waals surface area contributed by atoms with Crippen molar-refractivity contribution in [2.24, 2.45) is 7.05 Å². The number of benzene rings is 1. The maximum absolute atomic E-state index is 6.31. The SMILES string of the molecule is CCCNC(Cc1cn(C)nn1)c1c(Cl)cccc1Cl. The average molecular weight is 313 g/mol. The van der Waals surface area contributed by atoms with Gasteiger partial charge in [-0.3, -0.25) is 4.68 Å². The fraction of sp³-hybridized carbons (Fsp3) is 0.429. The van der Waals surface area contributed by atoms with Gasteiger partial charge in [-0.15, -0.1) is 5.10 Å². The third-order valence-corrected chi connectivity index (χ3v) is 3.71. The first-order valence-electron chi connectivity index (χ1n) is 6.64. The standard InChI is InChI=1S/C14H18Cl2N4/c1-3-7-17-13(8-10-9-20(2)19-18-10)14-11(15)5-4-6-12(14)16/h4-6,9,13,17H,3,7-8H2,1-2H3. The molecule has 0 aliphatic carbocycles. The molecule has 1 aromatic carbocycles. The number of aryl methyl sites for hydroxylation is 1. The summed E-state index contributed by atoms with van der Waals surface area (Å²) < 4.78 is 1.69. The monoisotopic (exact) mass is 312 g/mol. The van der Waals surface area contributed by atoms with Crippen molar-refractivity contribution in [2.75, 3.05) is 6.54 Å². The van der Waals surface area contributed by atoms with Crippen LogP contribution in [0.4, 0.5) is 0 Å². The summed E-state index contributed by atoms with van der Waals surface area (Å²) in [5.74, 6) is 0. The highest BCUT2D eigenvalue weighted by molar-refractivity contribution is 6.36. The maximum Gasteiger partial charge on any atom is 0.0845 e. The van der Waals surface area contributed by atoms with Gasteiger partial charge in [0.25, 0.3) is 0 Å². The van der Waals surface area contributed by atoms with Crippen LogP contribution in [0.3, 0.4) is 0 Å². The van der Waals surface area contributed by atoms with Crippen molar-refractivity contribution in [2.45, 2.75) is 25.8 Å². The van der Waals surface area contributed by atoms with E-state index in [2.05, 4.69) is 22.6 Å². The third kappa shape index (κ3) is 3.72. The van der Waals surface area contributed by atoms with Crippen LogP contribution in [0, 0.1) is 0 Å². The lowest BCUT2D eigenvalue weighted by molar-refractivity contribution is 0.524. The molecule has 4 nitrogen and oxygen atoms in total. The molecule has 1 N–H and O–H groups in total. The summed E-state index contributed by atoms with van der Waals surface area (Å²) in [5.41, 5.74) is 1.84. The molecule has 0 bridgehead atoms. The van der Waals surface area contributed by atoms with Gasteiger partial charge in [0, 0.05) is 41.3 Å². The molecule has 0 amide bonds. The minimum absolute atomic E-state index is 0.0350. The van der Waals surface area contributed by atoms with Crippen molar-refractivity contribution < 1.29 is 0 Å². The van der Waals surface area contributed by atoms with E-state index in [1.165, 1.54) is 0 Å². The molecule has 0 spiro atoms. The molecule has 0 aliphatic rings. The van der Waals surface area contributed by atoms with Crippen LogP contribution in [-0.2, 0) is 13.5 Å². The minimum atomic E-state index is 0.0350. The summed E-state index contributed by atoms with van der Waals surface area (Å²) >= 11 is 12.6. The molecule has 0 saturated carbocycles. The molecule has 108 valence electrons. The number of nitrogens with zero attached hydrogens (tertiary/aromatic N) is 3. The molecule has 1 atom stereocenters. The van der Waals surface area contributed by atoms with Crippen LogP contribution in [0.5, 0.6) is 0 Å². The maximum atomic E-state index is 6.31. The fourth-order valence-electron chi connectivity index (χ4n) is 2.14. The van der Waals surface area contributed by atoms with E-state index in [1.54, 1.807) is 4.68 Å². The van der Waals surface area contributed by atoms with E-state index in [4.69, 9.17) is 23.2 Å². The van der Waals surface area contributed by atoms with Crippen LogP contribution < -0.4 is 5.32 Å². The van der Waals surface area contributed by atoms with Gasteiger partial charge in [-0.25, -0.2) is 0 Å². The first-order valence-corrected chi connectivity index (χ1v) is 7.40.